The maximum Gasteiger partial charge on any atom is 0.297 e. The number of allylic oxidation sites excluding steroid dienone is 3. The molecule has 40 heavy (non-hydrogen) atoms. The minimum atomic E-state index is -0.114. The summed E-state index contributed by atoms with van der Waals surface area (Å²) in [4.78, 5) is 13.9. The van der Waals surface area contributed by atoms with Crippen LogP contribution in [0.3, 0.4) is 0 Å². The van der Waals surface area contributed by atoms with Crippen LogP contribution in [0.1, 0.15) is 125 Å². The molecule has 0 unspecified atom stereocenters. The van der Waals surface area contributed by atoms with Crippen molar-refractivity contribution >= 4 is 16.6 Å². The molecular formula is C35H56N2O3. The Balaban J connectivity index is 2.30. The Morgan fingerprint density at radius 2 is 1.48 bits per heavy atom. The van der Waals surface area contributed by atoms with E-state index in [4.69, 9.17) is 15.2 Å². The fraction of sp³-hybridized carbons (Fsp3) is 0.629. The van der Waals surface area contributed by atoms with Gasteiger partial charge in [-0.05, 0) is 70.7 Å². The second-order valence-electron chi connectivity index (χ2n) is 11.5. The van der Waals surface area contributed by atoms with Crippen molar-refractivity contribution in [2.45, 2.75) is 131 Å². The number of fused-ring (bicyclic) bond motifs is 1. The molecule has 0 aliphatic carbocycles. The van der Waals surface area contributed by atoms with E-state index in [1.807, 2.05) is 22.8 Å². The number of aryl methyl sites for hydroxylation is 1. The summed E-state index contributed by atoms with van der Waals surface area (Å²) in [6.45, 7) is 12.4. The Morgan fingerprint density at radius 1 is 0.825 bits per heavy atom. The molecule has 0 saturated heterocycles. The number of anilines is 1. The molecular weight excluding hydrogens is 496 g/mol. The van der Waals surface area contributed by atoms with Gasteiger partial charge in [-0.3, -0.25) is 4.79 Å². The van der Waals surface area contributed by atoms with Gasteiger partial charge in [0.25, 0.3) is 5.56 Å². The van der Waals surface area contributed by atoms with Crippen molar-refractivity contribution in [3.05, 3.63) is 51.9 Å². The Labute approximate surface area is 243 Å². The van der Waals surface area contributed by atoms with E-state index < -0.39 is 0 Å². The molecule has 1 aromatic heterocycles. The molecule has 5 heteroatoms. The largest absolute Gasteiger partial charge is 0.485 e. The van der Waals surface area contributed by atoms with Crippen molar-refractivity contribution < 1.29 is 9.47 Å². The minimum Gasteiger partial charge on any atom is -0.485 e. The summed E-state index contributed by atoms with van der Waals surface area (Å²) >= 11 is 0. The van der Waals surface area contributed by atoms with Crippen LogP contribution in [-0.2, 0) is 6.54 Å². The molecule has 2 aromatic rings. The highest BCUT2D eigenvalue weighted by Crippen LogP contribution is 2.34. The molecule has 5 nitrogen and oxygen atoms in total. The number of nitrogens with zero attached hydrogens (tertiary/aromatic N) is 1. The number of hydrogen-bond acceptors (Lipinski definition) is 4. The van der Waals surface area contributed by atoms with Gasteiger partial charge in [0.05, 0.1) is 12.1 Å². The summed E-state index contributed by atoms with van der Waals surface area (Å²) < 4.78 is 14.4. The van der Waals surface area contributed by atoms with E-state index in [2.05, 4.69) is 46.8 Å². The summed E-state index contributed by atoms with van der Waals surface area (Å²) in [7, 11) is 0. The summed E-state index contributed by atoms with van der Waals surface area (Å²) in [5.41, 5.74) is 10.2. The predicted molar refractivity (Wildman–Crippen MR) is 173 cm³/mol. The molecule has 2 N–H and O–H groups in total. The highest BCUT2D eigenvalue weighted by molar-refractivity contribution is 5.90. The molecule has 0 spiro atoms. The predicted octanol–water partition coefficient (Wildman–Crippen LogP) is 9.75. The van der Waals surface area contributed by atoms with Gasteiger partial charge < -0.3 is 19.8 Å². The molecule has 0 atom stereocenters. The number of unbranched alkanes of at least 4 members (excludes halogenated alkanes) is 10. The van der Waals surface area contributed by atoms with Crippen molar-refractivity contribution in [1.82, 2.24) is 4.57 Å². The fourth-order valence-corrected chi connectivity index (χ4v) is 4.97. The molecule has 0 aliphatic rings. The standard InChI is InChI=1S/C35H56N2O3/c1-6-8-10-12-14-16-24-37-32-27-30(36)21-22-31(32)33(40-26-23-29(5)20-18-19-28(3)4)34(35(37)38)39-25-17-15-13-11-9-7-2/h19,21-23,27H,6-18,20,24-26,36H2,1-5H3/b29-23+. The van der Waals surface area contributed by atoms with Crippen LogP contribution in [0.15, 0.2) is 46.3 Å². The smallest absolute Gasteiger partial charge is 0.297 e. The highest BCUT2D eigenvalue weighted by Gasteiger charge is 2.20. The van der Waals surface area contributed by atoms with Crippen molar-refractivity contribution in [3.63, 3.8) is 0 Å². The topological polar surface area (TPSA) is 66.5 Å². The van der Waals surface area contributed by atoms with Crippen LogP contribution in [-0.4, -0.2) is 17.8 Å². The number of hydrogen-bond donors (Lipinski definition) is 1. The third-order valence-corrected chi connectivity index (χ3v) is 7.43. The van der Waals surface area contributed by atoms with Crippen LogP contribution in [0, 0.1) is 0 Å². The Kier molecular flexibility index (Phi) is 16.3. The maximum absolute atomic E-state index is 13.9. The zero-order chi connectivity index (χ0) is 29.2. The zero-order valence-electron chi connectivity index (χ0n) is 26.2. The van der Waals surface area contributed by atoms with Gasteiger partial charge >= 0.3 is 0 Å². The number of nitrogens with two attached hydrogens (primary N) is 1. The van der Waals surface area contributed by atoms with Crippen LogP contribution in [0.5, 0.6) is 11.5 Å². The third-order valence-electron chi connectivity index (χ3n) is 7.43. The number of benzene rings is 1. The Hall–Kier alpha value is -2.69. The van der Waals surface area contributed by atoms with Crippen LogP contribution < -0.4 is 20.8 Å². The van der Waals surface area contributed by atoms with E-state index in [1.54, 1.807) is 0 Å². The van der Waals surface area contributed by atoms with Crippen LogP contribution in [0.25, 0.3) is 10.9 Å². The molecule has 0 saturated carbocycles. The van der Waals surface area contributed by atoms with Gasteiger partial charge in [0, 0.05) is 17.6 Å². The number of ether oxygens (including phenoxy) is 2. The monoisotopic (exact) mass is 552 g/mol. The fourth-order valence-electron chi connectivity index (χ4n) is 4.97. The lowest BCUT2D eigenvalue weighted by Crippen LogP contribution is -2.24. The van der Waals surface area contributed by atoms with E-state index in [0.717, 1.165) is 49.4 Å². The van der Waals surface area contributed by atoms with Crippen molar-refractivity contribution in [3.8, 4) is 11.5 Å². The lowest BCUT2D eigenvalue weighted by atomic mass is 10.1. The summed E-state index contributed by atoms with van der Waals surface area (Å²) in [6, 6.07) is 5.76. The first-order valence-electron chi connectivity index (χ1n) is 15.9. The summed E-state index contributed by atoms with van der Waals surface area (Å²) in [5.74, 6) is 0.880. The van der Waals surface area contributed by atoms with Gasteiger partial charge in [0.2, 0.25) is 5.75 Å². The summed E-state index contributed by atoms with van der Waals surface area (Å²) in [5, 5.41) is 0.883. The number of pyridine rings is 1. The Morgan fingerprint density at radius 3 is 2.15 bits per heavy atom. The minimum absolute atomic E-state index is 0.114. The van der Waals surface area contributed by atoms with Gasteiger partial charge in [0.15, 0.2) is 5.75 Å². The van der Waals surface area contributed by atoms with E-state index in [0.29, 0.717) is 36.9 Å². The number of nitrogen functional groups attached to an aromatic ring is 1. The summed E-state index contributed by atoms with van der Waals surface area (Å²) in [6.07, 6.45) is 20.4. The maximum atomic E-state index is 13.9. The van der Waals surface area contributed by atoms with E-state index in [1.165, 1.54) is 62.5 Å². The average molecular weight is 553 g/mol. The third kappa shape index (κ3) is 11.8. The van der Waals surface area contributed by atoms with Gasteiger partial charge in [-0.25, -0.2) is 0 Å². The van der Waals surface area contributed by atoms with Gasteiger partial charge in [-0.1, -0.05) is 95.3 Å². The SMILES string of the molecule is CCCCCCCCOc1c(OC/C=C(\C)CCC=C(C)C)c2ccc(N)cc2n(CCCCCCCC)c1=O. The Bertz CT molecular complexity index is 1130. The normalized spacial score (nSPS) is 11.7. The van der Waals surface area contributed by atoms with Crippen molar-refractivity contribution in [2.75, 3.05) is 18.9 Å². The van der Waals surface area contributed by atoms with E-state index in [-0.39, 0.29) is 5.56 Å². The van der Waals surface area contributed by atoms with Crippen LogP contribution in [0.4, 0.5) is 5.69 Å². The zero-order valence-corrected chi connectivity index (χ0v) is 26.2. The second-order valence-corrected chi connectivity index (χ2v) is 11.5. The van der Waals surface area contributed by atoms with Gasteiger partial charge in [0.1, 0.15) is 6.61 Å². The molecule has 224 valence electrons. The first-order valence-corrected chi connectivity index (χ1v) is 15.9. The number of rotatable bonds is 21. The quantitative estimate of drug-likeness (QED) is 0.0951. The lowest BCUT2D eigenvalue weighted by molar-refractivity contribution is 0.271. The first-order chi connectivity index (χ1) is 19.4. The van der Waals surface area contributed by atoms with Crippen LogP contribution in [0.2, 0.25) is 0 Å². The average Bonchev–Trinajstić information content (AvgIpc) is 2.92. The molecule has 1 heterocycles. The molecule has 0 bridgehead atoms. The highest BCUT2D eigenvalue weighted by atomic mass is 16.5. The molecule has 0 aliphatic heterocycles. The van der Waals surface area contributed by atoms with Crippen molar-refractivity contribution in [2.24, 2.45) is 0 Å². The number of aromatic nitrogens is 1. The lowest BCUT2D eigenvalue weighted by Gasteiger charge is -2.19. The molecule has 0 amide bonds. The van der Waals surface area contributed by atoms with Crippen molar-refractivity contribution in [1.29, 1.82) is 0 Å². The molecule has 2 rings (SSSR count). The van der Waals surface area contributed by atoms with E-state index in [9.17, 15) is 4.79 Å². The molecule has 0 radical (unpaired) electrons. The first kappa shape index (κ1) is 33.5. The van der Waals surface area contributed by atoms with Gasteiger partial charge in [-0.2, -0.15) is 0 Å². The van der Waals surface area contributed by atoms with Gasteiger partial charge in [-0.15, -0.1) is 0 Å². The van der Waals surface area contributed by atoms with E-state index >= 15 is 0 Å². The van der Waals surface area contributed by atoms with Crippen LogP contribution >= 0.6 is 0 Å². The molecule has 0 fully saturated rings. The second kappa shape index (κ2) is 19.4. The molecule has 1 aromatic carbocycles.